The van der Waals surface area contributed by atoms with Crippen LogP contribution in [0.1, 0.15) is 23.6 Å². The lowest BCUT2D eigenvalue weighted by Crippen LogP contribution is -2.33. The zero-order valence-electron chi connectivity index (χ0n) is 15.5. The van der Waals surface area contributed by atoms with Crippen molar-refractivity contribution in [2.45, 2.75) is 26.5 Å². The lowest BCUT2D eigenvalue weighted by Gasteiger charge is -2.07. The van der Waals surface area contributed by atoms with Crippen molar-refractivity contribution in [3.8, 4) is 0 Å². The number of ether oxygens (including phenoxy) is 2. The topological polar surface area (TPSA) is 68.9 Å². The molecule has 3 N–H and O–H groups in total. The van der Waals surface area contributed by atoms with Gasteiger partial charge in [0.1, 0.15) is 0 Å². The van der Waals surface area contributed by atoms with Gasteiger partial charge in [0.15, 0.2) is 5.96 Å². The third kappa shape index (κ3) is 8.14. The van der Waals surface area contributed by atoms with Crippen molar-refractivity contribution in [3.05, 3.63) is 71.3 Å². The minimum absolute atomic E-state index is 0.472. The molecule has 5 nitrogen and oxygen atoms in total. The molecular formula is C21H29N3O2. The third-order valence-corrected chi connectivity index (χ3v) is 3.83. The Balaban J connectivity index is 1.71. The molecule has 2 aromatic rings. The molecule has 26 heavy (non-hydrogen) atoms. The third-order valence-electron chi connectivity index (χ3n) is 3.83. The van der Waals surface area contributed by atoms with Crippen LogP contribution in [-0.2, 0) is 29.0 Å². The zero-order chi connectivity index (χ0) is 18.5. The van der Waals surface area contributed by atoms with E-state index in [1.54, 1.807) is 0 Å². The largest absolute Gasteiger partial charge is 0.379 e. The fourth-order valence-electron chi connectivity index (χ4n) is 2.48. The number of nitrogens with zero attached hydrogens (tertiary/aromatic N) is 1. The van der Waals surface area contributed by atoms with E-state index in [0.29, 0.717) is 32.3 Å². The minimum Gasteiger partial charge on any atom is -0.379 e. The van der Waals surface area contributed by atoms with E-state index in [-0.39, 0.29) is 0 Å². The number of guanidine groups is 1. The van der Waals surface area contributed by atoms with E-state index < -0.39 is 0 Å². The molecule has 2 rings (SSSR count). The molecule has 0 amide bonds. The molecular weight excluding hydrogens is 326 g/mol. The molecule has 0 saturated carbocycles. The Hall–Kier alpha value is -2.37. The molecule has 0 aliphatic rings. The van der Waals surface area contributed by atoms with E-state index in [1.807, 2.05) is 37.3 Å². The molecule has 0 heterocycles. The van der Waals surface area contributed by atoms with E-state index in [2.05, 4.69) is 34.6 Å². The average Bonchev–Trinajstić information content (AvgIpc) is 2.67. The van der Waals surface area contributed by atoms with Gasteiger partial charge in [0.05, 0.1) is 26.4 Å². The van der Waals surface area contributed by atoms with Crippen LogP contribution in [0.4, 0.5) is 0 Å². The maximum absolute atomic E-state index is 5.95. The standard InChI is InChI=1S/C21H29N3O2/c1-2-25-13-14-26-17-20-10-6-9-19(15-20)16-24-21(22)23-12-11-18-7-4-3-5-8-18/h3-10,15H,2,11-14,16-17H2,1H3,(H3,22,23,24). The molecule has 0 spiro atoms. The van der Waals surface area contributed by atoms with Gasteiger partial charge in [0.25, 0.3) is 0 Å². The van der Waals surface area contributed by atoms with Crippen molar-refractivity contribution in [2.24, 2.45) is 10.7 Å². The maximum atomic E-state index is 5.95. The summed E-state index contributed by atoms with van der Waals surface area (Å²) in [6.07, 6.45) is 0.922. The van der Waals surface area contributed by atoms with Crippen LogP contribution in [0.5, 0.6) is 0 Å². The first-order valence-corrected chi connectivity index (χ1v) is 9.09. The second kappa shape index (κ2) is 12.1. The summed E-state index contributed by atoms with van der Waals surface area (Å²) in [4.78, 5) is 4.41. The minimum atomic E-state index is 0.472. The van der Waals surface area contributed by atoms with Crippen molar-refractivity contribution in [2.75, 3.05) is 26.4 Å². The fourth-order valence-corrected chi connectivity index (χ4v) is 2.48. The van der Waals surface area contributed by atoms with Crippen LogP contribution in [-0.4, -0.2) is 32.3 Å². The Labute approximate surface area is 156 Å². The molecule has 0 radical (unpaired) electrons. The highest BCUT2D eigenvalue weighted by molar-refractivity contribution is 5.77. The first-order valence-electron chi connectivity index (χ1n) is 9.09. The van der Waals surface area contributed by atoms with Gasteiger partial charge in [-0.1, -0.05) is 54.6 Å². The van der Waals surface area contributed by atoms with Crippen LogP contribution in [0.3, 0.4) is 0 Å². The van der Waals surface area contributed by atoms with Crippen molar-refractivity contribution in [1.82, 2.24) is 5.32 Å². The summed E-state index contributed by atoms with van der Waals surface area (Å²) in [5.74, 6) is 0.472. The highest BCUT2D eigenvalue weighted by Crippen LogP contribution is 2.08. The summed E-state index contributed by atoms with van der Waals surface area (Å²) in [6, 6.07) is 18.5. The lowest BCUT2D eigenvalue weighted by molar-refractivity contribution is 0.0453. The lowest BCUT2D eigenvalue weighted by atomic mass is 10.1. The van der Waals surface area contributed by atoms with Gasteiger partial charge in [0.2, 0.25) is 0 Å². The van der Waals surface area contributed by atoms with Crippen LogP contribution < -0.4 is 11.1 Å². The van der Waals surface area contributed by atoms with Gasteiger partial charge in [0, 0.05) is 13.2 Å². The van der Waals surface area contributed by atoms with Gasteiger partial charge in [-0.25, -0.2) is 4.99 Å². The molecule has 0 atom stereocenters. The van der Waals surface area contributed by atoms with Crippen molar-refractivity contribution in [1.29, 1.82) is 0 Å². The molecule has 140 valence electrons. The number of nitrogens with one attached hydrogen (secondary N) is 1. The number of hydrogen-bond acceptors (Lipinski definition) is 3. The quantitative estimate of drug-likeness (QED) is 0.369. The normalized spacial score (nSPS) is 11.5. The predicted molar refractivity (Wildman–Crippen MR) is 106 cm³/mol. The Morgan fingerprint density at radius 1 is 0.962 bits per heavy atom. The van der Waals surface area contributed by atoms with Gasteiger partial charge < -0.3 is 20.5 Å². The van der Waals surface area contributed by atoms with Crippen LogP contribution >= 0.6 is 0 Å². The molecule has 0 aromatic heterocycles. The summed E-state index contributed by atoms with van der Waals surface area (Å²) >= 11 is 0. The van der Waals surface area contributed by atoms with E-state index in [0.717, 1.165) is 30.7 Å². The average molecular weight is 355 g/mol. The maximum Gasteiger partial charge on any atom is 0.188 e. The highest BCUT2D eigenvalue weighted by atomic mass is 16.5. The molecule has 0 unspecified atom stereocenters. The van der Waals surface area contributed by atoms with Crippen LogP contribution in [0.15, 0.2) is 59.6 Å². The summed E-state index contributed by atoms with van der Waals surface area (Å²) in [5, 5.41) is 3.16. The SMILES string of the molecule is CCOCCOCc1cccc(CN=C(N)NCCc2ccccc2)c1. The summed E-state index contributed by atoms with van der Waals surface area (Å²) in [5.41, 5.74) is 9.48. The molecule has 0 aliphatic carbocycles. The summed E-state index contributed by atoms with van der Waals surface area (Å²) in [6.45, 7) is 5.84. The van der Waals surface area contributed by atoms with Crippen LogP contribution in [0.25, 0.3) is 0 Å². The predicted octanol–water partition coefficient (Wildman–Crippen LogP) is 2.89. The van der Waals surface area contributed by atoms with Crippen LogP contribution in [0, 0.1) is 0 Å². The number of hydrogen-bond donors (Lipinski definition) is 2. The summed E-state index contributed by atoms with van der Waals surface area (Å²) < 4.78 is 10.9. The monoisotopic (exact) mass is 355 g/mol. The van der Waals surface area contributed by atoms with Gasteiger partial charge in [-0.05, 0) is 30.0 Å². The van der Waals surface area contributed by atoms with E-state index in [4.69, 9.17) is 15.2 Å². The van der Waals surface area contributed by atoms with Gasteiger partial charge in [-0.2, -0.15) is 0 Å². The fraction of sp³-hybridized carbons (Fsp3) is 0.381. The smallest absolute Gasteiger partial charge is 0.188 e. The van der Waals surface area contributed by atoms with Crippen molar-refractivity contribution in [3.63, 3.8) is 0 Å². The van der Waals surface area contributed by atoms with Gasteiger partial charge >= 0.3 is 0 Å². The van der Waals surface area contributed by atoms with Gasteiger partial charge in [-0.15, -0.1) is 0 Å². The van der Waals surface area contributed by atoms with Crippen LogP contribution in [0.2, 0.25) is 0 Å². The Morgan fingerprint density at radius 3 is 2.50 bits per heavy atom. The molecule has 0 saturated heterocycles. The first kappa shape index (κ1) is 19.9. The molecule has 0 bridgehead atoms. The number of aliphatic imine (C=N–C) groups is 1. The number of benzene rings is 2. The Bertz CT molecular complexity index is 659. The molecule has 0 aliphatic heterocycles. The molecule has 0 fully saturated rings. The Kier molecular flexibility index (Phi) is 9.25. The summed E-state index contributed by atoms with van der Waals surface area (Å²) in [7, 11) is 0. The Morgan fingerprint density at radius 2 is 1.69 bits per heavy atom. The van der Waals surface area contributed by atoms with E-state index >= 15 is 0 Å². The zero-order valence-corrected chi connectivity index (χ0v) is 15.5. The second-order valence-electron chi connectivity index (χ2n) is 5.93. The van der Waals surface area contributed by atoms with E-state index in [9.17, 15) is 0 Å². The van der Waals surface area contributed by atoms with Crippen molar-refractivity contribution >= 4 is 5.96 Å². The van der Waals surface area contributed by atoms with E-state index in [1.165, 1.54) is 5.56 Å². The number of nitrogens with two attached hydrogens (primary N) is 1. The highest BCUT2D eigenvalue weighted by Gasteiger charge is 1.98. The molecule has 2 aromatic carbocycles. The second-order valence-corrected chi connectivity index (χ2v) is 5.93. The van der Waals surface area contributed by atoms with Gasteiger partial charge in [-0.3, -0.25) is 0 Å². The number of rotatable bonds is 11. The first-order chi connectivity index (χ1) is 12.8. The van der Waals surface area contributed by atoms with Crippen molar-refractivity contribution < 1.29 is 9.47 Å². The molecule has 5 heteroatoms.